The first-order valence-corrected chi connectivity index (χ1v) is 8.82. The summed E-state index contributed by atoms with van der Waals surface area (Å²) >= 11 is 3.35. The molecule has 3 rings (SSSR count). The zero-order valence-electron chi connectivity index (χ0n) is 14.0. The minimum absolute atomic E-state index is 0.0916. The van der Waals surface area contributed by atoms with Crippen molar-refractivity contribution in [3.8, 4) is 11.5 Å². The Morgan fingerprint density at radius 2 is 1.96 bits per heavy atom. The second-order valence-electron chi connectivity index (χ2n) is 5.64. The van der Waals surface area contributed by atoms with E-state index in [2.05, 4.69) is 21.2 Å². The third-order valence-corrected chi connectivity index (χ3v) is 4.27. The third-order valence-electron chi connectivity index (χ3n) is 3.81. The quantitative estimate of drug-likeness (QED) is 0.575. The van der Waals surface area contributed by atoms with Crippen LogP contribution in [0.4, 0.5) is 4.79 Å². The molecule has 6 nitrogen and oxygen atoms in total. The van der Waals surface area contributed by atoms with Gasteiger partial charge in [-0.05, 0) is 30.7 Å². The molecule has 1 saturated heterocycles. The van der Waals surface area contributed by atoms with Crippen LogP contribution in [-0.2, 0) is 11.3 Å². The van der Waals surface area contributed by atoms with Gasteiger partial charge in [0.1, 0.15) is 5.70 Å². The number of phenols is 1. The van der Waals surface area contributed by atoms with E-state index in [1.165, 1.54) is 6.08 Å². The van der Waals surface area contributed by atoms with Crippen molar-refractivity contribution in [2.75, 3.05) is 6.61 Å². The number of amides is 3. The van der Waals surface area contributed by atoms with Crippen molar-refractivity contribution in [1.82, 2.24) is 10.2 Å². The molecule has 1 aliphatic heterocycles. The number of benzene rings is 2. The van der Waals surface area contributed by atoms with E-state index in [-0.39, 0.29) is 18.0 Å². The number of hydrogen-bond acceptors (Lipinski definition) is 4. The van der Waals surface area contributed by atoms with Crippen molar-refractivity contribution in [2.45, 2.75) is 13.5 Å². The fourth-order valence-electron chi connectivity index (χ4n) is 2.61. The molecular weight excluding hydrogens is 400 g/mol. The van der Waals surface area contributed by atoms with Crippen LogP contribution in [0.25, 0.3) is 6.08 Å². The van der Waals surface area contributed by atoms with E-state index in [9.17, 15) is 14.7 Å². The zero-order chi connectivity index (χ0) is 18.7. The van der Waals surface area contributed by atoms with Gasteiger partial charge in [0.05, 0.1) is 13.2 Å². The molecule has 1 aliphatic rings. The van der Waals surface area contributed by atoms with Crippen molar-refractivity contribution in [2.24, 2.45) is 0 Å². The average molecular weight is 417 g/mol. The summed E-state index contributed by atoms with van der Waals surface area (Å²) in [5.41, 5.74) is 1.32. The molecule has 134 valence electrons. The lowest BCUT2D eigenvalue weighted by Gasteiger charge is -2.11. The maximum absolute atomic E-state index is 12.6. The number of phenolic OH excluding ortho intramolecular Hbond substituents is 1. The van der Waals surface area contributed by atoms with E-state index >= 15 is 0 Å². The molecule has 7 heteroatoms. The first kappa shape index (κ1) is 18.0. The minimum Gasteiger partial charge on any atom is -0.504 e. The Morgan fingerprint density at radius 1 is 1.23 bits per heavy atom. The highest BCUT2D eigenvalue weighted by molar-refractivity contribution is 9.10. The van der Waals surface area contributed by atoms with Gasteiger partial charge in [-0.25, -0.2) is 4.79 Å². The van der Waals surface area contributed by atoms with Crippen LogP contribution in [0.15, 0.2) is 52.6 Å². The van der Waals surface area contributed by atoms with Gasteiger partial charge < -0.3 is 15.2 Å². The molecule has 2 aromatic rings. The van der Waals surface area contributed by atoms with Gasteiger partial charge >= 0.3 is 6.03 Å². The predicted molar refractivity (Wildman–Crippen MR) is 100 cm³/mol. The predicted octanol–water partition coefficient (Wildman–Crippen LogP) is 3.65. The van der Waals surface area contributed by atoms with E-state index < -0.39 is 11.9 Å². The second kappa shape index (κ2) is 7.61. The highest BCUT2D eigenvalue weighted by Gasteiger charge is 2.33. The molecule has 0 aromatic heterocycles. The van der Waals surface area contributed by atoms with Crippen LogP contribution < -0.4 is 10.1 Å². The third kappa shape index (κ3) is 3.72. The van der Waals surface area contributed by atoms with Crippen molar-refractivity contribution in [3.05, 3.63) is 63.8 Å². The fraction of sp³-hybridized carbons (Fsp3) is 0.158. The van der Waals surface area contributed by atoms with Gasteiger partial charge in [-0.15, -0.1) is 0 Å². The standard InChI is InChI=1S/C19H17BrN2O4/c1-2-26-16-10-14(20)8-13(17(16)23)9-15-18(24)22(19(25)21-15)11-12-6-4-3-5-7-12/h3-10,23H,2,11H2,1H3,(H,21,25)/b15-9+. The number of urea groups is 1. The van der Waals surface area contributed by atoms with Crippen molar-refractivity contribution in [3.63, 3.8) is 0 Å². The number of carbonyl (C=O) groups is 2. The molecule has 1 fully saturated rings. The van der Waals surface area contributed by atoms with Crippen LogP contribution in [0.2, 0.25) is 0 Å². The number of nitrogens with zero attached hydrogens (tertiary/aromatic N) is 1. The molecule has 0 atom stereocenters. The van der Waals surface area contributed by atoms with E-state index in [0.29, 0.717) is 22.4 Å². The number of ether oxygens (including phenoxy) is 1. The average Bonchev–Trinajstić information content (AvgIpc) is 2.87. The van der Waals surface area contributed by atoms with E-state index in [1.807, 2.05) is 30.3 Å². The first-order valence-electron chi connectivity index (χ1n) is 8.03. The normalized spacial score (nSPS) is 15.5. The molecule has 1 heterocycles. The van der Waals surface area contributed by atoms with Crippen LogP contribution in [0, 0.1) is 0 Å². The summed E-state index contributed by atoms with van der Waals surface area (Å²) in [6.07, 6.45) is 1.44. The molecule has 0 aliphatic carbocycles. The number of nitrogens with one attached hydrogen (secondary N) is 1. The maximum Gasteiger partial charge on any atom is 0.329 e. The van der Waals surface area contributed by atoms with Gasteiger partial charge in [-0.3, -0.25) is 9.69 Å². The molecule has 3 amide bonds. The van der Waals surface area contributed by atoms with Crippen molar-refractivity contribution >= 4 is 33.9 Å². The monoisotopic (exact) mass is 416 g/mol. The second-order valence-corrected chi connectivity index (χ2v) is 6.56. The van der Waals surface area contributed by atoms with E-state index in [4.69, 9.17) is 4.74 Å². The number of halogens is 1. The van der Waals surface area contributed by atoms with Crippen LogP contribution >= 0.6 is 15.9 Å². The van der Waals surface area contributed by atoms with Crippen molar-refractivity contribution < 1.29 is 19.4 Å². The Morgan fingerprint density at radius 3 is 2.65 bits per heavy atom. The van der Waals surface area contributed by atoms with E-state index in [0.717, 1.165) is 10.5 Å². The number of rotatable bonds is 5. The summed E-state index contributed by atoms with van der Waals surface area (Å²) < 4.78 is 6.06. The highest BCUT2D eigenvalue weighted by atomic mass is 79.9. The molecule has 26 heavy (non-hydrogen) atoms. The van der Waals surface area contributed by atoms with Gasteiger partial charge in [0, 0.05) is 10.0 Å². The van der Waals surface area contributed by atoms with Gasteiger partial charge in [0.15, 0.2) is 11.5 Å². The Bertz CT molecular complexity index is 881. The van der Waals surface area contributed by atoms with Crippen molar-refractivity contribution in [1.29, 1.82) is 0 Å². The Kier molecular flexibility index (Phi) is 5.27. The number of carbonyl (C=O) groups excluding carboxylic acids is 2. The summed E-state index contributed by atoms with van der Waals surface area (Å²) in [7, 11) is 0. The van der Waals surface area contributed by atoms with Crippen LogP contribution in [0.3, 0.4) is 0 Å². The maximum atomic E-state index is 12.6. The number of aromatic hydroxyl groups is 1. The van der Waals surface area contributed by atoms with Crippen LogP contribution in [0.5, 0.6) is 11.5 Å². The molecule has 0 bridgehead atoms. The fourth-order valence-corrected chi connectivity index (χ4v) is 3.06. The summed E-state index contributed by atoms with van der Waals surface area (Å²) in [6, 6.07) is 12.0. The van der Waals surface area contributed by atoms with Crippen LogP contribution in [-0.4, -0.2) is 28.6 Å². The summed E-state index contributed by atoms with van der Waals surface area (Å²) in [6.45, 7) is 2.37. The molecule has 0 saturated carbocycles. The van der Waals surface area contributed by atoms with Crippen LogP contribution in [0.1, 0.15) is 18.1 Å². The van der Waals surface area contributed by atoms with E-state index in [1.54, 1.807) is 19.1 Å². The molecule has 2 N–H and O–H groups in total. The summed E-state index contributed by atoms with van der Waals surface area (Å²) in [4.78, 5) is 25.9. The minimum atomic E-state index is -0.496. The largest absolute Gasteiger partial charge is 0.504 e. The smallest absolute Gasteiger partial charge is 0.329 e. The topological polar surface area (TPSA) is 78.9 Å². The zero-order valence-corrected chi connectivity index (χ0v) is 15.6. The molecule has 2 aromatic carbocycles. The summed E-state index contributed by atoms with van der Waals surface area (Å²) in [5.74, 6) is -0.242. The lowest BCUT2D eigenvalue weighted by atomic mass is 10.1. The first-order chi connectivity index (χ1) is 12.5. The van der Waals surface area contributed by atoms with Gasteiger partial charge in [0.2, 0.25) is 0 Å². The number of imide groups is 1. The number of hydrogen-bond donors (Lipinski definition) is 2. The lowest BCUT2D eigenvalue weighted by molar-refractivity contribution is -0.123. The Labute approximate surface area is 159 Å². The Hall–Kier alpha value is -2.80. The molecular formula is C19H17BrN2O4. The lowest BCUT2D eigenvalue weighted by Crippen LogP contribution is -2.30. The molecule has 0 radical (unpaired) electrons. The van der Waals surface area contributed by atoms with Gasteiger partial charge in [-0.1, -0.05) is 46.3 Å². The van der Waals surface area contributed by atoms with Gasteiger partial charge in [-0.2, -0.15) is 0 Å². The van der Waals surface area contributed by atoms with Gasteiger partial charge in [0.25, 0.3) is 5.91 Å². The SMILES string of the molecule is CCOc1cc(Br)cc(/C=C2/NC(=O)N(Cc3ccccc3)C2=O)c1O. The molecule has 0 spiro atoms. The Balaban J connectivity index is 1.88. The molecule has 0 unspecified atom stereocenters. The summed E-state index contributed by atoms with van der Waals surface area (Å²) in [5, 5.41) is 12.9. The highest BCUT2D eigenvalue weighted by Crippen LogP contribution is 2.35.